The van der Waals surface area contributed by atoms with E-state index in [2.05, 4.69) is 10.6 Å². The largest absolute Gasteiger partial charge is 0.394 e. The highest BCUT2D eigenvalue weighted by Crippen LogP contribution is 1.88. The van der Waals surface area contributed by atoms with Crippen LogP contribution < -0.4 is 10.6 Å². The van der Waals surface area contributed by atoms with Crippen LogP contribution in [0.25, 0.3) is 0 Å². The Morgan fingerprint density at radius 2 is 1.67 bits per heavy atom. The first-order valence-corrected chi connectivity index (χ1v) is 4.43. The van der Waals surface area contributed by atoms with Gasteiger partial charge in [0.1, 0.15) is 12.1 Å². The van der Waals surface area contributed by atoms with Gasteiger partial charge < -0.3 is 20.6 Å². The number of Topliss-reactive ketones (excluding diaryl/α,β-unsaturated/α-hetero) is 1. The van der Waals surface area contributed by atoms with E-state index in [1.807, 2.05) is 0 Å². The van der Waals surface area contributed by atoms with Crippen LogP contribution in [0.2, 0.25) is 0 Å². The Morgan fingerprint density at radius 1 is 1.13 bits per heavy atom. The lowest BCUT2D eigenvalue weighted by molar-refractivity contribution is -0.130. The normalized spacial score (nSPS) is 14.4. The number of carbonyl (C=O) groups excluding carboxylic acids is 2. The van der Waals surface area contributed by atoms with Crippen LogP contribution in [0.4, 0.5) is 0 Å². The summed E-state index contributed by atoms with van der Waals surface area (Å²) in [6.45, 7) is -0.252. The average Bonchev–Trinajstić information content (AvgIpc) is 2.21. The van der Waals surface area contributed by atoms with Gasteiger partial charge in [-0.25, -0.2) is 0 Å². The molecule has 2 atom stereocenters. The highest BCUT2D eigenvalue weighted by Gasteiger charge is 2.21. The quantitative estimate of drug-likeness (QED) is 0.291. The molecule has 0 aliphatic carbocycles. The Kier molecular flexibility index (Phi) is 6.80. The summed E-state index contributed by atoms with van der Waals surface area (Å²) in [5, 5.41) is 30.6. The van der Waals surface area contributed by atoms with E-state index in [-0.39, 0.29) is 5.78 Å². The van der Waals surface area contributed by atoms with Crippen LogP contribution >= 0.6 is 0 Å². The van der Waals surface area contributed by atoms with Gasteiger partial charge in [0.15, 0.2) is 5.78 Å². The molecule has 0 spiro atoms. The number of hydrogen-bond acceptors (Lipinski definition) is 6. The number of amides is 1. The van der Waals surface area contributed by atoms with E-state index in [0.717, 1.165) is 0 Å². The molecule has 2 unspecified atom stereocenters. The molecule has 0 saturated carbocycles. The van der Waals surface area contributed by atoms with Gasteiger partial charge in [0.2, 0.25) is 5.91 Å². The zero-order valence-corrected chi connectivity index (χ0v) is 8.43. The van der Waals surface area contributed by atoms with Crippen molar-refractivity contribution in [2.24, 2.45) is 0 Å². The second-order valence-electron chi connectivity index (χ2n) is 2.95. The third kappa shape index (κ3) is 4.84. The van der Waals surface area contributed by atoms with Crippen LogP contribution in [0.1, 0.15) is 6.92 Å². The Hall–Kier alpha value is -1.02. The van der Waals surface area contributed by atoms with Crippen LogP contribution in [0.5, 0.6) is 0 Å². The fourth-order valence-electron chi connectivity index (χ4n) is 0.898. The van der Waals surface area contributed by atoms with E-state index in [1.54, 1.807) is 0 Å². The zero-order chi connectivity index (χ0) is 11.8. The van der Waals surface area contributed by atoms with E-state index in [9.17, 15) is 9.59 Å². The molecule has 7 heteroatoms. The van der Waals surface area contributed by atoms with Crippen LogP contribution in [0.15, 0.2) is 0 Å². The summed E-state index contributed by atoms with van der Waals surface area (Å²) < 4.78 is 0. The average molecular weight is 220 g/mol. The number of nitrogens with one attached hydrogen (secondary N) is 2. The number of aliphatic hydroxyl groups is 3. The minimum absolute atomic E-state index is 0.383. The smallest absolute Gasteiger partial charge is 0.240 e. The molecule has 0 rings (SSSR count). The number of hydrogen-bond donors (Lipinski definition) is 5. The standard InChI is InChI=1S/C8H16N2O5/c1-5(14)6(2-11)10-8(15)7(3-12)9-4-13/h6-7,9,11-13H,2-4H2,1H3,(H,10,15). The predicted molar refractivity (Wildman–Crippen MR) is 50.8 cm³/mol. The predicted octanol–water partition coefficient (Wildman–Crippen LogP) is -3.05. The highest BCUT2D eigenvalue weighted by atomic mass is 16.3. The van der Waals surface area contributed by atoms with Gasteiger partial charge in [-0.3, -0.25) is 14.9 Å². The van der Waals surface area contributed by atoms with Crippen LogP contribution in [-0.2, 0) is 9.59 Å². The molecular formula is C8H16N2O5. The fraction of sp³-hybridized carbons (Fsp3) is 0.750. The molecule has 0 fully saturated rings. The first kappa shape index (κ1) is 14.0. The summed E-state index contributed by atoms with van der Waals surface area (Å²) in [6, 6.07) is -1.98. The second kappa shape index (κ2) is 7.30. The van der Waals surface area contributed by atoms with Gasteiger partial charge in [0.25, 0.3) is 0 Å². The minimum atomic E-state index is -0.997. The zero-order valence-electron chi connectivity index (χ0n) is 8.43. The minimum Gasteiger partial charge on any atom is -0.394 e. The van der Waals surface area contributed by atoms with E-state index in [4.69, 9.17) is 15.3 Å². The van der Waals surface area contributed by atoms with Gasteiger partial charge in [-0.2, -0.15) is 0 Å². The molecule has 0 aliphatic heterocycles. The first-order chi connectivity index (χ1) is 7.06. The molecule has 5 N–H and O–H groups in total. The molecule has 0 aliphatic rings. The van der Waals surface area contributed by atoms with Gasteiger partial charge in [0, 0.05) is 0 Å². The maximum Gasteiger partial charge on any atom is 0.240 e. The number of ketones is 1. The van der Waals surface area contributed by atoms with Crippen molar-refractivity contribution in [1.29, 1.82) is 0 Å². The van der Waals surface area contributed by atoms with E-state index >= 15 is 0 Å². The summed E-state index contributed by atoms with van der Waals surface area (Å²) in [5.41, 5.74) is 0. The van der Waals surface area contributed by atoms with Crippen LogP contribution in [0.3, 0.4) is 0 Å². The van der Waals surface area contributed by atoms with Crippen LogP contribution in [-0.4, -0.2) is 59.0 Å². The van der Waals surface area contributed by atoms with Crippen molar-refractivity contribution >= 4 is 11.7 Å². The molecule has 0 aromatic heterocycles. The van der Waals surface area contributed by atoms with Crippen molar-refractivity contribution in [3.63, 3.8) is 0 Å². The van der Waals surface area contributed by atoms with Crippen molar-refractivity contribution in [2.45, 2.75) is 19.0 Å². The highest BCUT2D eigenvalue weighted by molar-refractivity contribution is 5.89. The SMILES string of the molecule is CC(=O)C(CO)NC(=O)C(CO)NCO. The van der Waals surface area contributed by atoms with Crippen molar-refractivity contribution in [1.82, 2.24) is 10.6 Å². The summed E-state index contributed by atoms with van der Waals surface area (Å²) in [6.07, 6.45) is 0. The van der Waals surface area contributed by atoms with Gasteiger partial charge in [-0.1, -0.05) is 0 Å². The maximum atomic E-state index is 11.3. The molecule has 1 amide bonds. The molecule has 7 nitrogen and oxygen atoms in total. The molecule has 0 saturated heterocycles. The molecule has 0 aromatic carbocycles. The lowest BCUT2D eigenvalue weighted by atomic mass is 10.2. The van der Waals surface area contributed by atoms with E-state index < -0.39 is 37.9 Å². The molecule has 0 bridgehead atoms. The lowest BCUT2D eigenvalue weighted by Gasteiger charge is -2.18. The molecule has 0 aromatic rings. The summed E-state index contributed by atoms with van der Waals surface area (Å²) in [7, 11) is 0. The Balaban J connectivity index is 4.24. The van der Waals surface area contributed by atoms with Crippen molar-refractivity contribution in [3.05, 3.63) is 0 Å². The van der Waals surface area contributed by atoms with Crippen molar-refractivity contribution in [3.8, 4) is 0 Å². The van der Waals surface area contributed by atoms with Crippen LogP contribution in [0, 0.1) is 0 Å². The van der Waals surface area contributed by atoms with Crippen molar-refractivity contribution < 1.29 is 24.9 Å². The molecule has 0 heterocycles. The molecule has 15 heavy (non-hydrogen) atoms. The maximum absolute atomic E-state index is 11.3. The number of rotatable bonds is 7. The van der Waals surface area contributed by atoms with Gasteiger partial charge in [-0.05, 0) is 6.92 Å². The first-order valence-electron chi connectivity index (χ1n) is 4.43. The Morgan fingerprint density at radius 3 is 2.00 bits per heavy atom. The van der Waals surface area contributed by atoms with E-state index in [0.29, 0.717) is 0 Å². The fourth-order valence-corrected chi connectivity index (χ4v) is 0.898. The molecule has 88 valence electrons. The summed E-state index contributed by atoms with van der Waals surface area (Å²) in [4.78, 5) is 22.2. The topological polar surface area (TPSA) is 119 Å². The monoisotopic (exact) mass is 220 g/mol. The van der Waals surface area contributed by atoms with Gasteiger partial charge >= 0.3 is 0 Å². The number of aliphatic hydroxyl groups excluding tert-OH is 3. The van der Waals surface area contributed by atoms with E-state index in [1.165, 1.54) is 6.92 Å². The van der Waals surface area contributed by atoms with Gasteiger partial charge in [-0.15, -0.1) is 0 Å². The lowest BCUT2D eigenvalue weighted by Crippen LogP contribution is -2.52. The summed E-state index contributed by atoms with van der Waals surface area (Å²) >= 11 is 0. The summed E-state index contributed by atoms with van der Waals surface area (Å²) in [5.74, 6) is -1.03. The Labute approximate surface area is 87.1 Å². The Bertz CT molecular complexity index is 221. The molecular weight excluding hydrogens is 204 g/mol. The van der Waals surface area contributed by atoms with Gasteiger partial charge in [0.05, 0.1) is 19.9 Å². The second-order valence-corrected chi connectivity index (χ2v) is 2.95. The van der Waals surface area contributed by atoms with Crippen molar-refractivity contribution in [2.75, 3.05) is 19.9 Å². The third-order valence-corrected chi connectivity index (χ3v) is 1.83. The molecule has 0 radical (unpaired) electrons. The number of carbonyl (C=O) groups is 2. The third-order valence-electron chi connectivity index (χ3n) is 1.83.